The Morgan fingerprint density at radius 3 is 2.85 bits per heavy atom. The molecule has 1 aromatic rings. The van der Waals surface area contributed by atoms with E-state index < -0.39 is 5.60 Å². The minimum absolute atomic E-state index is 0.214. The molecule has 0 bridgehead atoms. The Kier molecular flexibility index (Phi) is 4.02. The average Bonchev–Trinajstić information content (AvgIpc) is 2.43. The Bertz CT molecular complexity index is 532. The van der Waals surface area contributed by atoms with Gasteiger partial charge >= 0.3 is 0 Å². The van der Waals surface area contributed by atoms with Crippen LogP contribution in [0.2, 0.25) is 10.0 Å². The molecule has 4 heteroatoms. The van der Waals surface area contributed by atoms with Crippen LogP contribution in [0.15, 0.2) is 6.07 Å². The topological polar surface area (TPSA) is 46.2 Å². The largest absolute Gasteiger partial charge is 0.389 e. The summed E-state index contributed by atoms with van der Waals surface area (Å²) in [5.41, 5.74) is 8.79. The molecule has 110 valence electrons. The molecule has 0 unspecified atom stereocenters. The van der Waals surface area contributed by atoms with Gasteiger partial charge in [-0.2, -0.15) is 0 Å². The summed E-state index contributed by atoms with van der Waals surface area (Å²) in [7, 11) is 0. The maximum absolute atomic E-state index is 10.9. The van der Waals surface area contributed by atoms with Crippen molar-refractivity contribution in [2.75, 3.05) is 6.54 Å². The van der Waals surface area contributed by atoms with Gasteiger partial charge in [-0.15, -0.1) is 0 Å². The maximum Gasteiger partial charge on any atom is 0.0719 e. The lowest BCUT2D eigenvalue weighted by atomic mass is 9.64. The van der Waals surface area contributed by atoms with E-state index in [4.69, 9.17) is 28.9 Å². The van der Waals surface area contributed by atoms with Crippen LogP contribution in [0, 0.1) is 0 Å². The lowest BCUT2D eigenvalue weighted by molar-refractivity contribution is -0.0301. The van der Waals surface area contributed by atoms with E-state index in [9.17, 15) is 5.11 Å². The van der Waals surface area contributed by atoms with Crippen molar-refractivity contribution in [3.05, 3.63) is 32.8 Å². The van der Waals surface area contributed by atoms with Crippen molar-refractivity contribution in [3.8, 4) is 0 Å². The lowest BCUT2D eigenvalue weighted by Crippen LogP contribution is -2.43. The SMILES string of the molecule is NCCc1c(Cl)c(Cl)cc2c1CC[C@]1(O)CCCC[C@H]21. The van der Waals surface area contributed by atoms with Crippen LogP contribution in [-0.2, 0) is 12.8 Å². The number of nitrogens with two attached hydrogens (primary N) is 1. The first-order valence-corrected chi connectivity index (χ1v) is 8.24. The summed E-state index contributed by atoms with van der Waals surface area (Å²) in [6.45, 7) is 0.571. The highest BCUT2D eigenvalue weighted by atomic mass is 35.5. The molecule has 0 heterocycles. The van der Waals surface area contributed by atoms with E-state index in [1.807, 2.05) is 6.07 Å². The maximum atomic E-state index is 10.9. The summed E-state index contributed by atoms with van der Waals surface area (Å²) >= 11 is 12.7. The van der Waals surface area contributed by atoms with Crippen molar-refractivity contribution in [2.45, 2.75) is 56.5 Å². The molecule has 2 nitrogen and oxygen atoms in total. The fraction of sp³-hybridized carbons (Fsp3) is 0.625. The molecule has 0 aliphatic heterocycles. The van der Waals surface area contributed by atoms with Crippen molar-refractivity contribution in [1.82, 2.24) is 0 Å². The van der Waals surface area contributed by atoms with Crippen LogP contribution in [0.4, 0.5) is 0 Å². The van der Waals surface area contributed by atoms with E-state index in [1.54, 1.807) is 0 Å². The van der Waals surface area contributed by atoms with Crippen LogP contribution in [0.5, 0.6) is 0 Å². The van der Waals surface area contributed by atoms with Crippen LogP contribution in [0.25, 0.3) is 0 Å². The molecule has 0 radical (unpaired) electrons. The molecule has 2 aliphatic rings. The standard InChI is InChI=1S/C16H21Cl2NO/c17-14-9-12-10(11(5-8-19)15(14)18)4-7-16(20)6-2-1-3-13(12)16/h9,13,20H,1-8,19H2/t13-,16-/m1/s1. The van der Waals surface area contributed by atoms with Crippen LogP contribution in [0.1, 0.15) is 54.7 Å². The number of rotatable bonds is 2. The quantitative estimate of drug-likeness (QED) is 0.871. The second-order valence-electron chi connectivity index (χ2n) is 6.16. The van der Waals surface area contributed by atoms with Crippen LogP contribution in [-0.4, -0.2) is 17.3 Å². The predicted octanol–water partition coefficient (Wildman–Crippen LogP) is 3.83. The molecule has 1 fully saturated rings. The summed E-state index contributed by atoms with van der Waals surface area (Å²) in [6, 6.07) is 1.99. The van der Waals surface area contributed by atoms with Gasteiger partial charge in [0.1, 0.15) is 0 Å². The Balaban J connectivity index is 2.12. The molecule has 0 spiro atoms. The van der Waals surface area contributed by atoms with E-state index in [0.29, 0.717) is 16.6 Å². The van der Waals surface area contributed by atoms with Crippen LogP contribution >= 0.6 is 23.2 Å². The van der Waals surface area contributed by atoms with E-state index in [2.05, 4.69) is 0 Å². The highest BCUT2D eigenvalue weighted by molar-refractivity contribution is 6.42. The van der Waals surface area contributed by atoms with Gasteiger partial charge in [-0.25, -0.2) is 0 Å². The fourth-order valence-electron chi connectivity index (χ4n) is 4.06. The minimum atomic E-state index is -0.539. The third-order valence-electron chi connectivity index (χ3n) is 5.05. The molecule has 0 aromatic heterocycles. The van der Waals surface area contributed by atoms with E-state index >= 15 is 0 Å². The van der Waals surface area contributed by atoms with Gasteiger partial charge in [-0.05, 0) is 61.4 Å². The van der Waals surface area contributed by atoms with Gasteiger partial charge < -0.3 is 10.8 Å². The van der Waals surface area contributed by atoms with Crippen LogP contribution < -0.4 is 5.73 Å². The normalized spacial score (nSPS) is 28.9. The van der Waals surface area contributed by atoms with Crippen molar-refractivity contribution >= 4 is 23.2 Å². The predicted molar refractivity (Wildman–Crippen MR) is 83.7 cm³/mol. The summed E-state index contributed by atoms with van der Waals surface area (Å²) in [4.78, 5) is 0. The summed E-state index contributed by atoms with van der Waals surface area (Å²) in [6.07, 6.45) is 6.73. The zero-order valence-electron chi connectivity index (χ0n) is 11.6. The smallest absolute Gasteiger partial charge is 0.0719 e. The first-order valence-electron chi connectivity index (χ1n) is 7.49. The average molecular weight is 314 g/mol. The number of fused-ring (bicyclic) bond motifs is 3. The number of hydrogen-bond donors (Lipinski definition) is 2. The highest BCUT2D eigenvalue weighted by Crippen LogP contribution is 2.50. The summed E-state index contributed by atoms with van der Waals surface area (Å²) < 4.78 is 0. The monoisotopic (exact) mass is 313 g/mol. The van der Waals surface area contributed by atoms with Crippen molar-refractivity contribution in [1.29, 1.82) is 0 Å². The van der Waals surface area contributed by atoms with Gasteiger partial charge in [0.2, 0.25) is 0 Å². The Morgan fingerprint density at radius 1 is 1.30 bits per heavy atom. The third kappa shape index (κ3) is 2.27. The molecule has 3 N–H and O–H groups in total. The van der Waals surface area contributed by atoms with Gasteiger partial charge in [0, 0.05) is 5.92 Å². The van der Waals surface area contributed by atoms with Gasteiger partial charge in [0.05, 0.1) is 15.6 Å². The second kappa shape index (κ2) is 5.49. The molecule has 3 rings (SSSR count). The van der Waals surface area contributed by atoms with Crippen molar-refractivity contribution in [2.24, 2.45) is 5.73 Å². The zero-order valence-corrected chi connectivity index (χ0v) is 13.1. The van der Waals surface area contributed by atoms with Crippen LogP contribution in [0.3, 0.4) is 0 Å². The van der Waals surface area contributed by atoms with E-state index in [1.165, 1.54) is 17.5 Å². The molecular weight excluding hydrogens is 293 g/mol. The number of halogens is 2. The van der Waals surface area contributed by atoms with E-state index in [-0.39, 0.29) is 5.92 Å². The number of hydrogen-bond acceptors (Lipinski definition) is 2. The van der Waals surface area contributed by atoms with E-state index in [0.717, 1.165) is 44.1 Å². The Morgan fingerprint density at radius 2 is 2.10 bits per heavy atom. The highest BCUT2D eigenvalue weighted by Gasteiger charge is 2.44. The molecule has 2 aliphatic carbocycles. The Labute approximate surface area is 130 Å². The Hall–Kier alpha value is -0.280. The molecule has 20 heavy (non-hydrogen) atoms. The van der Waals surface area contributed by atoms with Gasteiger partial charge in [-0.1, -0.05) is 36.0 Å². The first kappa shape index (κ1) is 14.6. The second-order valence-corrected chi connectivity index (χ2v) is 6.94. The lowest BCUT2D eigenvalue weighted by Gasteiger charge is -2.45. The van der Waals surface area contributed by atoms with Crippen molar-refractivity contribution < 1.29 is 5.11 Å². The molecular formula is C16H21Cl2NO. The number of aliphatic hydroxyl groups is 1. The van der Waals surface area contributed by atoms with Crippen molar-refractivity contribution in [3.63, 3.8) is 0 Å². The fourth-order valence-corrected chi connectivity index (χ4v) is 4.55. The molecule has 1 aromatic carbocycles. The molecule has 0 saturated heterocycles. The minimum Gasteiger partial charge on any atom is -0.389 e. The van der Waals surface area contributed by atoms with Gasteiger partial charge in [0.25, 0.3) is 0 Å². The molecule has 2 atom stereocenters. The number of benzene rings is 1. The van der Waals surface area contributed by atoms with Gasteiger partial charge in [0.15, 0.2) is 0 Å². The molecule has 1 saturated carbocycles. The zero-order chi connectivity index (χ0) is 14.3. The summed E-state index contributed by atoms with van der Waals surface area (Å²) in [5.74, 6) is 0.214. The van der Waals surface area contributed by atoms with Gasteiger partial charge in [-0.3, -0.25) is 0 Å². The first-order chi connectivity index (χ1) is 9.57. The third-order valence-corrected chi connectivity index (χ3v) is 5.87. The summed E-state index contributed by atoms with van der Waals surface area (Å²) in [5, 5.41) is 12.2. The molecule has 0 amide bonds.